The molecule has 80 valence electrons. The topological polar surface area (TPSA) is 34.1 Å². The van der Waals surface area contributed by atoms with Gasteiger partial charge in [0, 0.05) is 6.26 Å². The molecule has 0 radical (unpaired) electrons. The van der Waals surface area contributed by atoms with Crippen LogP contribution < -0.4 is 0 Å². The maximum absolute atomic E-state index is 10.9. The third-order valence-electron chi connectivity index (χ3n) is 1.45. The Morgan fingerprint density at radius 1 is 1.07 bits per heavy atom. The summed E-state index contributed by atoms with van der Waals surface area (Å²) in [7, 11) is -3.02. The summed E-state index contributed by atoms with van der Waals surface area (Å²) in [6, 6.07) is 6.81. The zero-order valence-electron chi connectivity index (χ0n) is 9.24. The third-order valence-corrected chi connectivity index (χ3v) is 2.58. The molecule has 0 spiro atoms. The van der Waals surface area contributed by atoms with Crippen LogP contribution >= 0.6 is 0 Å². The molecule has 0 saturated heterocycles. The summed E-state index contributed by atoms with van der Waals surface area (Å²) >= 11 is 0. The molecule has 1 aromatic rings. The Morgan fingerprint density at radius 3 is 1.71 bits per heavy atom. The van der Waals surface area contributed by atoms with Crippen LogP contribution in [0.15, 0.2) is 29.2 Å². The van der Waals surface area contributed by atoms with Crippen LogP contribution in [0, 0.1) is 6.92 Å². The summed E-state index contributed by atoms with van der Waals surface area (Å²) in [4.78, 5) is 0.378. The van der Waals surface area contributed by atoms with E-state index in [1.165, 1.54) is 12.7 Å². The highest BCUT2D eigenvalue weighted by molar-refractivity contribution is 7.90. The van der Waals surface area contributed by atoms with E-state index in [4.69, 9.17) is 0 Å². The molecule has 0 aliphatic carbocycles. The highest BCUT2D eigenvalue weighted by Crippen LogP contribution is 2.08. The van der Waals surface area contributed by atoms with Gasteiger partial charge in [-0.25, -0.2) is 8.42 Å². The van der Waals surface area contributed by atoms with E-state index in [9.17, 15) is 8.42 Å². The number of hydrogen-bond acceptors (Lipinski definition) is 2. The van der Waals surface area contributed by atoms with Crippen LogP contribution in [-0.4, -0.2) is 14.7 Å². The summed E-state index contributed by atoms with van der Waals surface area (Å²) in [6.45, 7) is 6.17. The first-order valence-electron chi connectivity index (χ1n) is 4.68. The summed E-state index contributed by atoms with van der Waals surface area (Å²) in [6.07, 6.45) is 2.46. The molecule has 0 aliphatic heterocycles. The second-order valence-corrected chi connectivity index (χ2v) is 5.31. The van der Waals surface area contributed by atoms with Crippen molar-refractivity contribution in [2.24, 2.45) is 0 Å². The Kier molecular flexibility index (Phi) is 5.46. The monoisotopic (exact) mass is 214 g/mol. The molecule has 0 aliphatic rings. The van der Waals surface area contributed by atoms with Crippen molar-refractivity contribution in [3.63, 3.8) is 0 Å². The van der Waals surface area contributed by atoms with Crippen LogP contribution in [0.25, 0.3) is 0 Å². The van der Waals surface area contributed by atoms with Gasteiger partial charge in [-0.2, -0.15) is 0 Å². The lowest BCUT2D eigenvalue weighted by molar-refractivity contribution is 0.602. The highest BCUT2D eigenvalue weighted by atomic mass is 32.2. The van der Waals surface area contributed by atoms with E-state index < -0.39 is 9.84 Å². The maximum atomic E-state index is 10.9. The van der Waals surface area contributed by atoms with Gasteiger partial charge in [0.05, 0.1) is 4.90 Å². The SMILES string of the molecule is CCC.Cc1ccc(S(C)(=O)=O)cc1. The first-order valence-corrected chi connectivity index (χ1v) is 6.57. The molecule has 14 heavy (non-hydrogen) atoms. The van der Waals surface area contributed by atoms with E-state index in [0.29, 0.717) is 4.90 Å². The minimum atomic E-state index is -3.02. The number of aryl methyl sites for hydroxylation is 1. The quantitative estimate of drug-likeness (QED) is 0.720. The summed E-state index contributed by atoms with van der Waals surface area (Å²) in [5.74, 6) is 0. The molecule has 0 heterocycles. The van der Waals surface area contributed by atoms with E-state index >= 15 is 0 Å². The molecule has 2 nitrogen and oxygen atoms in total. The van der Waals surface area contributed by atoms with Crippen LogP contribution in [0.5, 0.6) is 0 Å². The standard InChI is InChI=1S/C8H10O2S.C3H8/c1-7-3-5-8(6-4-7)11(2,9)10;1-3-2/h3-6H,1-2H3;3H2,1-2H3. The van der Waals surface area contributed by atoms with Gasteiger partial charge in [0.2, 0.25) is 0 Å². The fourth-order valence-electron chi connectivity index (χ4n) is 0.785. The summed E-state index contributed by atoms with van der Waals surface area (Å²) in [5.41, 5.74) is 1.07. The molecule has 3 heteroatoms. The Hall–Kier alpha value is -0.830. The van der Waals surface area contributed by atoms with Gasteiger partial charge in [-0.1, -0.05) is 38.0 Å². The van der Waals surface area contributed by atoms with Crippen molar-refractivity contribution in [3.05, 3.63) is 29.8 Å². The van der Waals surface area contributed by atoms with E-state index in [1.807, 2.05) is 6.92 Å². The van der Waals surface area contributed by atoms with Crippen LogP contribution in [0.2, 0.25) is 0 Å². The van der Waals surface area contributed by atoms with Gasteiger partial charge in [-0.05, 0) is 19.1 Å². The number of sulfone groups is 1. The van der Waals surface area contributed by atoms with E-state index in [0.717, 1.165) is 5.56 Å². The van der Waals surface area contributed by atoms with Crippen molar-refractivity contribution in [3.8, 4) is 0 Å². The largest absolute Gasteiger partial charge is 0.224 e. The second kappa shape index (κ2) is 5.81. The van der Waals surface area contributed by atoms with Gasteiger partial charge in [0.15, 0.2) is 9.84 Å². The lowest BCUT2D eigenvalue weighted by Crippen LogP contribution is -1.95. The number of rotatable bonds is 1. The van der Waals surface area contributed by atoms with Gasteiger partial charge >= 0.3 is 0 Å². The van der Waals surface area contributed by atoms with Crippen molar-refractivity contribution in [2.45, 2.75) is 32.1 Å². The molecule has 0 unspecified atom stereocenters. The van der Waals surface area contributed by atoms with Gasteiger partial charge in [0.1, 0.15) is 0 Å². The van der Waals surface area contributed by atoms with Crippen molar-refractivity contribution < 1.29 is 8.42 Å². The lowest BCUT2D eigenvalue weighted by atomic mass is 10.2. The molecule has 1 rings (SSSR count). The van der Waals surface area contributed by atoms with E-state index in [2.05, 4.69) is 13.8 Å². The van der Waals surface area contributed by atoms with Gasteiger partial charge in [-0.15, -0.1) is 0 Å². The van der Waals surface area contributed by atoms with Gasteiger partial charge < -0.3 is 0 Å². The van der Waals surface area contributed by atoms with Crippen molar-refractivity contribution in [1.29, 1.82) is 0 Å². The summed E-state index contributed by atoms with van der Waals surface area (Å²) in [5, 5.41) is 0. The fraction of sp³-hybridized carbons (Fsp3) is 0.455. The van der Waals surface area contributed by atoms with E-state index in [-0.39, 0.29) is 0 Å². The Morgan fingerprint density at radius 2 is 1.43 bits per heavy atom. The molecule has 1 aromatic carbocycles. The molecule has 0 aromatic heterocycles. The maximum Gasteiger partial charge on any atom is 0.175 e. The molecular weight excluding hydrogens is 196 g/mol. The second-order valence-electron chi connectivity index (χ2n) is 3.29. The molecule has 0 fully saturated rings. The molecule has 0 N–H and O–H groups in total. The Bertz CT molecular complexity index is 349. The fourth-order valence-corrected chi connectivity index (χ4v) is 1.42. The van der Waals surface area contributed by atoms with Crippen LogP contribution in [0.1, 0.15) is 25.8 Å². The predicted octanol–water partition coefficient (Wildman–Crippen LogP) is 2.81. The molecule has 0 saturated carbocycles. The number of hydrogen-bond donors (Lipinski definition) is 0. The highest BCUT2D eigenvalue weighted by Gasteiger charge is 2.04. The normalized spacial score (nSPS) is 10.3. The minimum absolute atomic E-state index is 0.378. The van der Waals surface area contributed by atoms with Crippen molar-refractivity contribution in [2.75, 3.05) is 6.26 Å². The Balaban J connectivity index is 0.000000500. The average Bonchev–Trinajstić information content (AvgIpc) is 2.04. The van der Waals surface area contributed by atoms with Crippen molar-refractivity contribution in [1.82, 2.24) is 0 Å². The molecule has 0 bridgehead atoms. The smallest absolute Gasteiger partial charge is 0.175 e. The van der Waals surface area contributed by atoms with Gasteiger partial charge in [-0.3, -0.25) is 0 Å². The lowest BCUT2D eigenvalue weighted by Gasteiger charge is -1.96. The first kappa shape index (κ1) is 13.2. The zero-order chi connectivity index (χ0) is 11.2. The van der Waals surface area contributed by atoms with Crippen molar-refractivity contribution >= 4 is 9.84 Å². The summed E-state index contributed by atoms with van der Waals surface area (Å²) < 4.78 is 21.9. The van der Waals surface area contributed by atoms with E-state index in [1.54, 1.807) is 24.3 Å². The third kappa shape index (κ3) is 5.02. The van der Waals surface area contributed by atoms with Crippen LogP contribution in [0.3, 0.4) is 0 Å². The molecular formula is C11H18O2S. The zero-order valence-corrected chi connectivity index (χ0v) is 10.1. The molecule has 0 amide bonds. The first-order chi connectivity index (χ1) is 6.41. The van der Waals surface area contributed by atoms with Gasteiger partial charge in [0.25, 0.3) is 0 Å². The molecule has 0 atom stereocenters. The minimum Gasteiger partial charge on any atom is -0.224 e. The van der Waals surface area contributed by atoms with Crippen LogP contribution in [-0.2, 0) is 9.84 Å². The number of benzene rings is 1. The Labute approximate surface area is 86.9 Å². The van der Waals surface area contributed by atoms with Crippen LogP contribution in [0.4, 0.5) is 0 Å². The predicted molar refractivity (Wildman–Crippen MR) is 60.3 cm³/mol. The average molecular weight is 214 g/mol.